The van der Waals surface area contributed by atoms with Crippen molar-refractivity contribution in [1.29, 1.82) is 0 Å². The van der Waals surface area contributed by atoms with Crippen LogP contribution in [0.5, 0.6) is 5.75 Å². The lowest BCUT2D eigenvalue weighted by Gasteiger charge is -2.15. The minimum Gasteiger partial charge on any atom is -0.508 e. The van der Waals surface area contributed by atoms with Gasteiger partial charge in [0.1, 0.15) is 17.1 Å². The van der Waals surface area contributed by atoms with Gasteiger partial charge in [-0.25, -0.2) is 9.18 Å². The minimum absolute atomic E-state index is 0.0646. The van der Waals surface area contributed by atoms with E-state index >= 15 is 0 Å². The summed E-state index contributed by atoms with van der Waals surface area (Å²) in [6, 6.07) is 11.0. The molecule has 1 fully saturated rings. The number of halogens is 1. The number of aromatic nitrogens is 3. The maximum Gasteiger partial charge on any atom is 0.336 e. The van der Waals surface area contributed by atoms with E-state index in [4.69, 9.17) is 9.15 Å². The Morgan fingerprint density at radius 3 is 2.79 bits per heavy atom. The molecule has 4 aromatic rings. The first-order chi connectivity index (χ1) is 16.0. The molecule has 5 rings (SSSR count). The molecule has 2 aromatic carbocycles. The lowest BCUT2D eigenvalue weighted by atomic mass is 10.1. The Hall–Kier alpha value is -3.17. The minimum atomic E-state index is -0.473. The van der Waals surface area contributed by atoms with E-state index in [-0.39, 0.29) is 17.7 Å². The Labute approximate surface area is 193 Å². The number of benzene rings is 2. The molecule has 170 valence electrons. The molecule has 0 bridgehead atoms. The highest BCUT2D eigenvalue weighted by Gasteiger charge is 2.22. The van der Waals surface area contributed by atoms with E-state index in [1.807, 2.05) is 4.57 Å². The molecule has 0 amide bonds. The van der Waals surface area contributed by atoms with Gasteiger partial charge in [-0.05, 0) is 61.7 Å². The van der Waals surface area contributed by atoms with E-state index in [0.717, 1.165) is 36.0 Å². The van der Waals surface area contributed by atoms with Crippen molar-refractivity contribution < 1.29 is 18.7 Å². The first-order valence-corrected chi connectivity index (χ1v) is 11.7. The van der Waals surface area contributed by atoms with Crippen LogP contribution in [-0.4, -0.2) is 32.6 Å². The normalized spacial score (nSPS) is 16.0. The van der Waals surface area contributed by atoms with Crippen molar-refractivity contribution in [2.45, 2.75) is 43.3 Å². The number of aryl methyl sites for hydroxylation is 1. The summed E-state index contributed by atoms with van der Waals surface area (Å²) in [6.45, 7) is 3.04. The van der Waals surface area contributed by atoms with Crippen molar-refractivity contribution in [3.8, 4) is 17.1 Å². The van der Waals surface area contributed by atoms with Gasteiger partial charge < -0.3 is 14.3 Å². The Morgan fingerprint density at radius 1 is 1.21 bits per heavy atom. The standard InChI is InChI=1S/C24H22FN3O4S/c1-14-20(29)9-8-19-16(11-21(30)32-22(14)19)13-33-24-27-26-23(15-4-6-17(25)7-5-15)28(24)12-18-3-2-10-31-18/h4-9,11,18,29H,2-3,10,12-13H2,1H3. The molecule has 0 saturated carbocycles. The maximum absolute atomic E-state index is 13.4. The third kappa shape index (κ3) is 4.38. The van der Waals surface area contributed by atoms with Gasteiger partial charge in [0.15, 0.2) is 11.0 Å². The van der Waals surface area contributed by atoms with Gasteiger partial charge in [-0.1, -0.05) is 11.8 Å². The van der Waals surface area contributed by atoms with Crippen LogP contribution in [0.15, 0.2) is 56.8 Å². The van der Waals surface area contributed by atoms with Crippen LogP contribution in [0, 0.1) is 12.7 Å². The zero-order valence-corrected chi connectivity index (χ0v) is 18.8. The first-order valence-electron chi connectivity index (χ1n) is 10.7. The number of hydrogen-bond donors (Lipinski definition) is 1. The topological polar surface area (TPSA) is 90.4 Å². The molecule has 0 radical (unpaired) electrons. The van der Waals surface area contributed by atoms with Crippen molar-refractivity contribution in [1.82, 2.24) is 14.8 Å². The number of aromatic hydroxyl groups is 1. The van der Waals surface area contributed by atoms with Gasteiger partial charge in [-0.3, -0.25) is 4.57 Å². The fourth-order valence-corrected chi connectivity index (χ4v) is 4.98. The van der Waals surface area contributed by atoms with Crippen LogP contribution in [0.3, 0.4) is 0 Å². The molecule has 0 spiro atoms. The van der Waals surface area contributed by atoms with Gasteiger partial charge in [0, 0.05) is 34.9 Å². The van der Waals surface area contributed by atoms with Crippen LogP contribution < -0.4 is 5.63 Å². The Balaban J connectivity index is 1.49. The second kappa shape index (κ2) is 8.99. The number of fused-ring (bicyclic) bond motifs is 1. The zero-order valence-electron chi connectivity index (χ0n) is 18.0. The van der Waals surface area contributed by atoms with Gasteiger partial charge in [0.05, 0.1) is 12.6 Å². The highest BCUT2D eigenvalue weighted by atomic mass is 32.2. The summed E-state index contributed by atoms with van der Waals surface area (Å²) >= 11 is 1.45. The smallest absolute Gasteiger partial charge is 0.336 e. The molecule has 1 unspecified atom stereocenters. The summed E-state index contributed by atoms with van der Waals surface area (Å²) in [4.78, 5) is 12.2. The van der Waals surface area contributed by atoms with Gasteiger partial charge in [0.25, 0.3) is 0 Å². The molecule has 1 aliphatic rings. The number of thioether (sulfide) groups is 1. The summed E-state index contributed by atoms with van der Waals surface area (Å²) in [7, 11) is 0. The SMILES string of the molecule is Cc1c(O)ccc2c(CSc3nnc(-c4ccc(F)cc4)n3CC3CCCO3)cc(=O)oc12. The zero-order chi connectivity index (χ0) is 22.9. The van der Waals surface area contributed by atoms with Crippen molar-refractivity contribution in [3.05, 3.63) is 69.8 Å². The molecule has 9 heteroatoms. The molecule has 1 saturated heterocycles. The van der Waals surface area contributed by atoms with E-state index in [1.165, 1.54) is 30.0 Å². The summed E-state index contributed by atoms with van der Waals surface area (Å²) < 4.78 is 26.6. The largest absolute Gasteiger partial charge is 0.508 e. The number of nitrogens with zero attached hydrogens (tertiary/aromatic N) is 3. The van der Waals surface area contributed by atoms with E-state index in [0.29, 0.717) is 34.4 Å². The van der Waals surface area contributed by atoms with Crippen LogP contribution in [0.2, 0.25) is 0 Å². The van der Waals surface area contributed by atoms with Crippen LogP contribution in [-0.2, 0) is 17.0 Å². The summed E-state index contributed by atoms with van der Waals surface area (Å²) in [6.07, 6.45) is 2.03. The molecular weight excluding hydrogens is 445 g/mol. The van der Waals surface area contributed by atoms with Crippen LogP contribution >= 0.6 is 11.8 Å². The molecule has 33 heavy (non-hydrogen) atoms. The van der Waals surface area contributed by atoms with E-state index in [9.17, 15) is 14.3 Å². The third-order valence-corrected chi connectivity index (χ3v) is 6.82. The molecule has 1 aliphatic heterocycles. The van der Waals surface area contributed by atoms with Crippen LogP contribution in [0.1, 0.15) is 24.0 Å². The number of rotatable bonds is 6. The lowest BCUT2D eigenvalue weighted by Crippen LogP contribution is -2.16. The number of hydrogen-bond acceptors (Lipinski definition) is 7. The first kappa shape index (κ1) is 21.7. The fraction of sp³-hybridized carbons (Fsp3) is 0.292. The molecule has 1 N–H and O–H groups in total. The summed E-state index contributed by atoms with van der Waals surface area (Å²) in [5.41, 5.74) is 1.98. The molecule has 1 atom stereocenters. The highest BCUT2D eigenvalue weighted by molar-refractivity contribution is 7.98. The molecule has 0 aliphatic carbocycles. The molecule has 3 heterocycles. The van der Waals surface area contributed by atoms with E-state index in [2.05, 4.69) is 10.2 Å². The van der Waals surface area contributed by atoms with Gasteiger partial charge in [-0.15, -0.1) is 10.2 Å². The molecule has 7 nitrogen and oxygen atoms in total. The monoisotopic (exact) mass is 467 g/mol. The highest BCUT2D eigenvalue weighted by Crippen LogP contribution is 2.32. The average Bonchev–Trinajstić information content (AvgIpc) is 3.46. The Bertz CT molecular complexity index is 1360. The quantitative estimate of drug-likeness (QED) is 0.325. The third-order valence-electron chi connectivity index (χ3n) is 5.80. The van der Waals surface area contributed by atoms with Gasteiger partial charge in [-0.2, -0.15) is 0 Å². The average molecular weight is 468 g/mol. The number of ether oxygens (including phenoxy) is 1. The van der Waals surface area contributed by atoms with Crippen molar-refractivity contribution in [2.75, 3.05) is 6.61 Å². The maximum atomic E-state index is 13.4. The van der Waals surface area contributed by atoms with Crippen LogP contribution in [0.4, 0.5) is 4.39 Å². The number of phenolic OH excluding ortho intramolecular Hbond substituents is 1. The second-order valence-corrected chi connectivity index (χ2v) is 8.97. The molecular formula is C24H22FN3O4S. The van der Waals surface area contributed by atoms with Crippen LogP contribution in [0.25, 0.3) is 22.4 Å². The Kier molecular flexibility index (Phi) is 5.90. The molecule has 2 aromatic heterocycles. The van der Waals surface area contributed by atoms with Gasteiger partial charge in [0.2, 0.25) is 0 Å². The van der Waals surface area contributed by atoms with E-state index < -0.39 is 5.63 Å². The number of phenols is 1. The summed E-state index contributed by atoms with van der Waals surface area (Å²) in [5.74, 6) is 0.871. The van der Waals surface area contributed by atoms with Crippen molar-refractivity contribution in [2.24, 2.45) is 0 Å². The Morgan fingerprint density at radius 2 is 2.03 bits per heavy atom. The second-order valence-electron chi connectivity index (χ2n) is 8.02. The van der Waals surface area contributed by atoms with E-state index in [1.54, 1.807) is 31.2 Å². The predicted octanol–water partition coefficient (Wildman–Crippen LogP) is 4.68. The predicted molar refractivity (Wildman–Crippen MR) is 123 cm³/mol. The fourth-order valence-electron chi connectivity index (χ4n) is 4.04. The van der Waals surface area contributed by atoms with Crippen molar-refractivity contribution in [3.63, 3.8) is 0 Å². The lowest BCUT2D eigenvalue weighted by molar-refractivity contribution is 0.0953. The van der Waals surface area contributed by atoms with Crippen molar-refractivity contribution >= 4 is 22.7 Å². The summed E-state index contributed by atoms with van der Waals surface area (Å²) in [5, 5.41) is 20.2. The van der Waals surface area contributed by atoms with Gasteiger partial charge >= 0.3 is 5.63 Å².